The number of hydrogen-bond donors (Lipinski definition) is 2. The van der Waals surface area contributed by atoms with E-state index in [1.54, 1.807) is 0 Å². The van der Waals surface area contributed by atoms with E-state index in [0.717, 1.165) is 12.1 Å². The topological polar surface area (TPSA) is 107 Å². The zero-order chi connectivity index (χ0) is 14.8. The van der Waals surface area contributed by atoms with Crippen LogP contribution in [0, 0.1) is 5.82 Å². The maximum atomic E-state index is 13.6. The van der Waals surface area contributed by atoms with Crippen molar-refractivity contribution in [1.29, 1.82) is 0 Å². The van der Waals surface area contributed by atoms with Gasteiger partial charge in [0.2, 0.25) is 10.0 Å². The average molecular weight is 301 g/mol. The number of nitrogens with zero attached hydrogens (tertiary/aromatic N) is 1. The third-order valence-electron chi connectivity index (χ3n) is 2.49. The molecule has 1 heterocycles. The predicted molar refractivity (Wildman–Crippen MR) is 67.9 cm³/mol. The molecule has 0 aliphatic carbocycles. The standard InChI is InChI=1S/C11H12FN3O4S/c1-18-11-9(12)4-8(5-10(11)13)20(16,17)14-6-7-2-3-19-15-7/h2-5,14H,6,13H2,1H3. The monoisotopic (exact) mass is 301 g/mol. The molecule has 7 nitrogen and oxygen atoms in total. The maximum absolute atomic E-state index is 13.6. The van der Waals surface area contributed by atoms with Crippen molar-refractivity contribution in [3.63, 3.8) is 0 Å². The van der Waals surface area contributed by atoms with Crippen LogP contribution in [0.5, 0.6) is 5.75 Å². The van der Waals surface area contributed by atoms with Crippen molar-refractivity contribution in [2.75, 3.05) is 12.8 Å². The molecule has 1 aromatic heterocycles. The van der Waals surface area contributed by atoms with Crippen molar-refractivity contribution in [1.82, 2.24) is 9.88 Å². The second kappa shape index (κ2) is 5.47. The molecule has 3 N–H and O–H groups in total. The van der Waals surface area contributed by atoms with Crippen molar-refractivity contribution in [2.45, 2.75) is 11.4 Å². The quantitative estimate of drug-likeness (QED) is 0.794. The second-order valence-corrected chi connectivity index (χ2v) is 5.61. The van der Waals surface area contributed by atoms with Gasteiger partial charge < -0.3 is 15.0 Å². The third kappa shape index (κ3) is 2.89. The number of rotatable bonds is 5. The fraction of sp³-hybridized carbons (Fsp3) is 0.182. The first-order chi connectivity index (χ1) is 9.44. The van der Waals surface area contributed by atoms with Crippen LogP contribution in [0.4, 0.5) is 10.1 Å². The Balaban J connectivity index is 2.25. The number of nitrogens with two attached hydrogens (primary N) is 1. The first kappa shape index (κ1) is 14.3. The van der Waals surface area contributed by atoms with E-state index in [1.165, 1.54) is 19.4 Å². The van der Waals surface area contributed by atoms with E-state index < -0.39 is 15.8 Å². The normalized spacial score (nSPS) is 11.5. The Labute approximate surface area is 114 Å². The van der Waals surface area contributed by atoms with Crippen LogP contribution in [0.2, 0.25) is 0 Å². The lowest BCUT2D eigenvalue weighted by Crippen LogP contribution is -2.23. The van der Waals surface area contributed by atoms with Gasteiger partial charge in [-0.25, -0.2) is 17.5 Å². The number of sulfonamides is 1. The Morgan fingerprint density at radius 3 is 2.80 bits per heavy atom. The summed E-state index contributed by atoms with van der Waals surface area (Å²) < 4.78 is 49.2. The van der Waals surface area contributed by atoms with Crippen molar-refractivity contribution in [2.24, 2.45) is 0 Å². The van der Waals surface area contributed by atoms with Gasteiger partial charge in [0.1, 0.15) is 6.26 Å². The summed E-state index contributed by atoms with van der Waals surface area (Å²) in [5.74, 6) is -1.05. The fourth-order valence-electron chi connectivity index (χ4n) is 1.54. The molecule has 0 saturated heterocycles. The molecule has 0 unspecified atom stereocenters. The van der Waals surface area contributed by atoms with Crippen molar-refractivity contribution in [3.8, 4) is 5.75 Å². The predicted octanol–water partition coefficient (Wildman–Crippen LogP) is 0.883. The molecule has 2 rings (SSSR count). The fourth-order valence-corrected chi connectivity index (χ4v) is 2.59. The molecular formula is C11H12FN3O4S. The van der Waals surface area contributed by atoms with Gasteiger partial charge in [0.25, 0.3) is 0 Å². The molecule has 108 valence electrons. The van der Waals surface area contributed by atoms with Crippen LogP contribution in [-0.2, 0) is 16.6 Å². The van der Waals surface area contributed by atoms with Crippen LogP contribution in [0.1, 0.15) is 5.69 Å². The van der Waals surface area contributed by atoms with Crippen LogP contribution >= 0.6 is 0 Å². The van der Waals surface area contributed by atoms with Crippen molar-refractivity contribution >= 4 is 15.7 Å². The van der Waals surface area contributed by atoms with E-state index in [4.69, 9.17) is 10.5 Å². The highest BCUT2D eigenvalue weighted by Crippen LogP contribution is 2.28. The van der Waals surface area contributed by atoms with E-state index in [0.29, 0.717) is 5.69 Å². The zero-order valence-electron chi connectivity index (χ0n) is 10.5. The number of benzene rings is 1. The maximum Gasteiger partial charge on any atom is 0.241 e. The highest BCUT2D eigenvalue weighted by atomic mass is 32.2. The first-order valence-corrected chi connectivity index (χ1v) is 6.94. The highest BCUT2D eigenvalue weighted by molar-refractivity contribution is 7.89. The van der Waals surface area contributed by atoms with E-state index in [9.17, 15) is 12.8 Å². The highest BCUT2D eigenvalue weighted by Gasteiger charge is 2.19. The van der Waals surface area contributed by atoms with Gasteiger partial charge in [-0.2, -0.15) is 0 Å². The van der Waals surface area contributed by atoms with E-state index in [2.05, 4.69) is 14.4 Å². The Kier molecular flexibility index (Phi) is 3.91. The van der Waals surface area contributed by atoms with Gasteiger partial charge in [-0.1, -0.05) is 5.16 Å². The lowest BCUT2D eigenvalue weighted by Gasteiger charge is -2.10. The lowest BCUT2D eigenvalue weighted by atomic mass is 10.3. The van der Waals surface area contributed by atoms with Crippen molar-refractivity contribution < 1.29 is 22.1 Å². The molecule has 2 aromatic rings. The molecule has 0 bridgehead atoms. The number of hydrogen-bond acceptors (Lipinski definition) is 6. The van der Waals surface area contributed by atoms with Gasteiger partial charge >= 0.3 is 0 Å². The number of methoxy groups -OCH3 is 1. The molecule has 20 heavy (non-hydrogen) atoms. The van der Waals surface area contributed by atoms with Gasteiger partial charge in [0.05, 0.1) is 29.9 Å². The Morgan fingerprint density at radius 1 is 1.50 bits per heavy atom. The van der Waals surface area contributed by atoms with Gasteiger partial charge in [-0.15, -0.1) is 0 Å². The third-order valence-corrected chi connectivity index (χ3v) is 3.88. The average Bonchev–Trinajstić information content (AvgIpc) is 2.89. The summed E-state index contributed by atoms with van der Waals surface area (Å²) in [6.45, 7) is -0.0770. The minimum Gasteiger partial charge on any atom is -0.492 e. The second-order valence-electron chi connectivity index (χ2n) is 3.84. The Morgan fingerprint density at radius 2 is 2.25 bits per heavy atom. The summed E-state index contributed by atoms with van der Waals surface area (Å²) in [5, 5.41) is 3.55. The van der Waals surface area contributed by atoms with Gasteiger partial charge in [0.15, 0.2) is 11.6 Å². The first-order valence-electron chi connectivity index (χ1n) is 5.46. The molecule has 1 aromatic carbocycles. The molecule has 0 aliphatic rings. The number of aromatic nitrogens is 1. The Bertz CT molecular complexity index is 677. The Hall–Kier alpha value is -2.13. The van der Waals surface area contributed by atoms with Crippen LogP contribution in [0.15, 0.2) is 33.9 Å². The largest absolute Gasteiger partial charge is 0.492 e. The molecule has 0 aliphatic heterocycles. The molecular weight excluding hydrogens is 289 g/mol. The number of halogens is 1. The zero-order valence-corrected chi connectivity index (χ0v) is 11.3. The van der Waals surface area contributed by atoms with E-state index in [1.807, 2.05) is 0 Å². The van der Waals surface area contributed by atoms with Crippen molar-refractivity contribution in [3.05, 3.63) is 36.0 Å². The number of anilines is 1. The molecule has 9 heteroatoms. The van der Waals surface area contributed by atoms with Gasteiger partial charge in [-0.05, 0) is 12.1 Å². The van der Waals surface area contributed by atoms with Crippen LogP contribution in [0.25, 0.3) is 0 Å². The van der Waals surface area contributed by atoms with Gasteiger partial charge in [0, 0.05) is 6.07 Å². The van der Waals surface area contributed by atoms with E-state index in [-0.39, 0.29) is 22.9 Å². The van der Waals surface area contributed by atoms with Gasteiger partial charge in [-0.3, -0.25) is 0 Å². The molecule has 0 radical (unpaired) electrons. The summed E-state index contributed by atoms with van der Waals surface area (Å²) >= 11 is 0. The molecule has 0 fully saturated rings. The summed E-state index contributed by atoms with van der Waals surface area (Å²) in [5.41, 5.74) is 5.83. The molecule has 0 spiro atoms. The summed E-state index contributed by atoms with van der Waals surface area (Å²) in [4.78, 5) is -0.295. The summed E-state index contributed by atoms with van der Waals surface area (Å²) in [6.07, 6.45) is 1.31. The number of nitrogens with one attached hydrogen (secondary N) is 1. The minimum atomic E-state index is -3.91. The number of ether oxygens (including phenoxy) is 1. The van der Waals surface area contributed by atoms with Crippen LogP contribution < -0.4 is 15.2 Å². The molecule has 0 saturated carbocycles. The van der Waals surface area contributed by atoms with Crippen LogP contribution in [0.3, 0.4) is 0 Å². The molecule has 0 atom stereocenters. The molecule has 0 amide bonds. The van der Waals surface area contributed by atoms with Crippen LogP contribution in [-0.4, -0.2) is 20.7 Å². The smallest absolute Gasteiger partial charge is 0.241 e. The summed E-state index contributed by atoms with van der Waals surface area (Å²) in [7, 11) is -2.67. The lowest BCUT2D eigenvalue weighted by molar-refractivity contribution is 0.388. The SMILES string of the molecule is COc1c(N)cc(S(=O)(=O)NCc2ccon2)cc1F. The summed E-state index contributed by atoms with van der Waals surface area (Å²) in [6, 6.07) is 3.46. The van der Waals surface area contributed by atoms with E-state index >= 15 is 0 Å². The number of nitrogen functional groups attached to an aromatic ring is 1. The minimum absolute atomic E-state index is 0.0770.